The van der Waals surface area contributed by atoms with Gasteiger partial charge in [-0.15, -0.1) is 0 Å². The molecule has 1 aromatic rings. The molecule has 1 aliphatic carbocycles. The summed E-state index contributed by atoms with van der Waals surface area (Å²) in [5.41, 5.74) is 1.98. The van der Waals surface area contributed by atoms with Gasteiger partial charge in [0.1, 0.15) is 5.82 Å². The lowest BCUT2D eigenvalue weighted by atomic mass is 9.76. The maximum atomic E-state index is 13.5. The zero-order valence-corrected chi connectivity index (χ0v) is 9.04. The molecule has 0 bridgehead atoms. The predicted octanol–water partition coefficient (Wildman–Crippen LogP) is 2.87. The number of aliphatic hydroxyl groups is 1. The van der Waals surface area contributed by atoms with Crippen LogP contribution in [0.15, 0.2) is 18.2 Å². The van der Waals surface area contributed by atoms with E-state index >= 15 is 0 Å². The van der Waals surface area contributed by atoms with Crippen molar-refractivity contribution in [1.29, 1.82) is 0 Å². The Balaban J connectivity index is 2.38. The minimum atomic E-state index is -0.0812. The molecule has 0 fully saturated rings. The van der Waals surface area contributed by atoms with Gasteiger partial charge in [-0.2, -0.15) is 0 Å². The molecule has 0 saturated carbocycles. The van der Waals surface area contributed by atoms with Gasteiger partial charge in [0.05, 0.1) is 0 Å². The summed E-state index contributed by atoms with van der Waals surface area (Å²) in [5, 5.41) is 9.19. The molecular formula is C13H17FO. The van der Waals surface area contributed by atoms with Gasteiger partial charge >= 0.3 is 0 Å². The van der Waals surface area contributed by atoms with Gasteiger partial charge in [-0.25, -0.2) is 4.39 Å². The molecule has 2 heteroatoms. The lowest BCUT2D eigenvalue weighted by Gasteiger charge is -2.29. The molecule has 2 unspecified atom stereocenters. The van der Waals surface area contributed by atoms with Crippen molar-refractivity contribution in [3.8, 4) is 0 Å². The highest BCUT2D eigenvalue weighted by Crippen LogP contribution is 2.37. The number of halogens is 1. The zero-order valence-electron chi connectivity index (χ0n) is 9.04. The van der Waals surface area contributed by atoms with Gasteiger partial charge in [-0.05, 0) is 48.3 Å². The summed E-state index contributed by atoms with van der Waals surface area (Å²) in [6, 6.07) is 5.32. The van der Waals surface area contributed by atoms with E-state index in [1.54, 1.807) is 6.07 Å². The molecule has 0 spiro atoms. The first-order chi connectivity index (χ1) is 7.24. The Kier molecular flexibility index (Phi) is 3.06. The van der Waals surface area contributed by atoms with Crippen molar-refractivity contribution in [3.63, 3.8) is 0 Å². The molecule has 0 amide bonds. The number of hydrogen-bond acceptors (Lipinski definition) is 1. The summed E-state index contributed by atoms with van der Waals surface area (Å²) >= 11 is 0. The van der Waals surface area contributed by atoms with Crippen LogP contribution < -0.4 is 0 Å². The van der Waals surface area contributed by atoms with Crippen LogP contribution in [0.3, 0.4) is 0 Å². The standard InChI is InChI=1S/C13H17FO/c1-9(8-15)10-4-2-6-12-11(10)5-3-7-13(12)14/h3,5,7,9-10,15H,2,4,6,8H2,1H3. The molecule has 0 radical (unpaired) electrons. The van der Waals surface area contributed by atoms with Crippen molar-refractivity contribution in [2.24, 2.45) is 5.92 Å². The molecule has 0 aromatic heterocycles. The molecular weight excluding hydrogens is 191 g/mol. The SMILES string of the molecule is CC(CO)C1CCCc2c(F)cccc21. The average Bonchev–Trinajstić information content (AvgIpc) is 2.28. The van der Waals surface area contributed by atoms with Crippen LogP contribution in [0.1, 0.15) is 36.8 Å². The maximum Gasteiger partial charge on any atom is 0.126 e. The minimum Gasteiger partial charge on any atom is -0.396 e. The highest BCUT2D eigenvalue weighted by Gasteiger charge is 2.26. The number of hydrogen-bond donors (Lipinski definition) is 1. The summed E-state index contributed by atoms with van der Waals surface area (Å²) in [6.07, 6.45) is 2.94. The Hall–Kier alpha value is -0.890. The summed E-state index contributed by atoms with van der Waals surface area (Å²) in [6.45, 7) is 2.21. The quantitative estimate of drug-likeness (QED) is 0.792. The first-order valence-corrected chi connectivity index (χ1v) is 5.62. The van der Waals surface area contributed by atoms with E-state index in [0.29, 0.717) is 5.92 Å². The first kappa shape index (κ1) is 10.6. The molecule has 0 heterocycles. The van der Waals surface area contributed by atoms with Gasteiger partial charge < -0.3 is 5.11 Å². The smallest absolute Gasteiger partial charge is 0.126 e. The van der Waals surface area contributed by atoms with E-state index in [9.17, 15) is 9.50 Å². The fourth-order valence-corrected chi connectivity index (χ4v) is 2.56. The molecule has 15 heavy (non-hydrogen) atoms. The van der Waals surface area contributed by atoms with Gasteiger partial charge in [0.25, 0.3) is 0 Å². The Morgan fingerprint density at radius 3 is 3.07 bits per heavy atom. The molecule has 82 valence electrons. The summed E-state index contributed by atoms with van der Waals surface area (Å²) in [7, 11) is 0. The van der Waals surface area contributed by atoms with Crippen LogP contribution in [0.25, 0.3) is 0 Å². The Morgan fingerprint density at radius 2 is 2.33 bits per heavy atom. The summed E-state index contributed by atoms with van der Waals surface area (Å²) in [5.74, 6) is 0.475. The van der Waals surface area contributed by atoms with Crippen molar-refractivity contribution in [1.82, 2.24) is 0 Å². The molecule has 1 aliphatic rings. The van der Waals surface area contributed by atoms with Crippen LogP contribution in [0, 0.1) is 11.7 Å². The van der Waals surface area contributed by atoms with E-state index in [-0.39, 0.29) is 18.3 Å². The largest absolute Gasteiger partial charge is 0.396 e. The normalized spacial score (nSPS) is 22.2. The van der Waals surface area contributed by atoms with Crippen LogP contribution in [-0.4, -0.2) is 11.7 Å². The second-order valence-electron chi connectivity index (χ2n) is 4.47. The van der Waals surface area contributed by atoms with Gasteiger partial charge in [0.15, 0.2) is 0 Å². The lowest BCUT2D eigenvalue weighted by molar-refractivity contribution is 0.207. The Labute approximate surface area is 89.9 Å². The number of aliphatic hydroxyl groups excluding tert-OH is 1. The fourth-order valence-electron chi connectivity index (χ4n) is 2.56. The maximum absolute atomic E-state index is 13.5. The topological polar surface area (TPSA) is 20.2 Å². The lowest BCUT2D eigenvalue weighted by Crippen LogP contribution is -2.19. The van der Waals surface area contributed by atoms with Gasteiger partial charge in [-0.3, -0.25) is 0 Å². The molecule has 2 rings (SSSR count). The Morgan fingerprint density at radius 1 is 1.53 bits per heavy atom. The first-order valence-electron chi connectivity index (χ1n) is 5.62. The van der Waals surface area contributed by atoms with E-state index in [1.807, 2.05) is 13.0 Å². The van der Waals surface area contributed by atoms with Crippen molar-refractivity contribution in [3.05, 3.63) is 35.1 Å². The van der Waals surface area contributed by atoms with Crippen LogP contribution in [0.4, 0.5) is 4.39 Å². The minimum absolute atomic E-state index is 0.0812. The van der Waals surface area contributed by atoms with E-state index in [4.69, 9.17) is 0 Å². The third-order valence-electron chi connectivity index (χ3n) is 3.47. The van der Waals surface area contributed by atoms with Crippen molar-refractivity contribution in [2.75, 3.05) is 6.61 Å². The molecule has 0 aliphatic heterocycles. The van der Waals surface area contributed by atoms with Crippen LogP contribution in [0.5, 0.6) is 0 Å². The van der Waals surface area contributed by atoms with E-state index in [0.717, 1.165) is 30.4 Å². The molecule has 2 atom stereocenters. The highest BCUT2D eigenvalue weighted by atomic mass is 19.1. The van der Waals surface area contributed by atoms with E-state index in [1.165, 1.54) is 6.07 Å². The summed E-state index contributed by atoms with van der Waals surface area (Å²) in [4.78, 5) is 0. The highest BCUT2D eigenvalue weighted by molar-refractivity contribution is 5.34. The van der Waals surface area contributed by atoms with Crippen molar-refractivity contribution in [2.45, 2.75) is 32.1 Å². The number of rotatable bonds is 2. The average molecular weight is 208 g/mol. The van der Waals surface area contributed by atoms with Crippen molar-refractivity contribution < 1.29 is 9.50 Å². The van der Waals surface area contributed by atoms with E-state index < -0.39 is 0 Å². The van der Waals surface area contributed by atoms with Crippen LogP contribution in [-0.2, 0) is 6.42 Å². The second-order valence-corrected chi connectivity index (χ2v) is 4.47. The third-order valence-corrected chi connectivity index (χ3v) is 3.47. The third kappa shape index (κ3) is 1.91. The zero-order chi connectivity index (χ0) is 10.8. The van der Waals surface area contributed by atoms with Gasteiger partial charge in [-0.1, -0.05) is 19.1 Å². The van der Waals surface area contributed by atoms with Crippen LogP contribution in [0.2, 0.25) is 0 Å². The van der Waals surface area contributed by atoms with Crippen molar-refractivity contribution >= 4 is 0 Å². The molecule has 1 nitrogen and oxygen atoms in total. The van der Waals surface area contributed by atoms with Crippen LogP contribution >= 0.6 is 0 Å². The molecule has 1 aromatic carbocycles. The second kappa shape index (κ2) is 4.31. The summed E-state index contributed by atoms with van der Waals surface area (Å²) < 4.78 is 13.5. The number of fused-ring (bicyclic) bond motifs is 1. The van der Waals surface area contributed by atoms with E-state index in [2.05, 4.69) is 0 Å². The van der Waals surface area contributed by atoms with Gasteiger partial charge in [0.2, 0.25) is 0 Å². The fraction of sp³-hybridized carbons (Fsp3) is 0.538. The predicted molar refractivity (Wildman–Crippen MR) is 58.3 cm³/mol. The molecule has 0 saturated heterocycles. The molecule has 1 N–H and O–H groups in total. The Bertz CT molecular complexity index is 348. The number of benzene rings is 1. The monoisotopic (exact) mass is 208 g/mol. The van der Waals surface area contributed by atoms with Gasteiger partial charge in [0, 0.05) is 6.61 Å².